The highest BCUT2D eigenvalue weighted by Gasteiger charge is 2.42. The van der Waals surface area contributed by atoms with Gasteiger partial charge in [-0.3, -0.25) is 4.79 Å². The number of carbonyl (C=O) groups is 2. The number of benzene rings is 2. The first kappa shape index (κ1) is 26.0. The first-order valence-electron chi connectivity index (χ1n) is 11.7. The third kappa shape index (κ3) is 5.85. The lowest BCUT2D eigenvalue weighted by Crippen LogP contribution is -2.39. The molecule has 0 saturated carbocycles. The topological polar surface area (TPSA) is 62.2 Å². The zero-order valence-electron chi connectivity index (χ0n) is 21.1. The molecule has 2 aromatic carbocycles. The Kier molecular flexibility index (Phi) is 7.62. The summed E-state index contributed by atoms with van der Waals surface area (Å²) in [6.45, 7) is 7.86. The second-order valence-electron chi connectivity index (χ2n) is 9.86. The highest BCUT2D eigenvalue weighted by molar-refractivity contribution is 8.16. The minimum Gasteiger partial charge on any atom is -0.456 e. The molecule has 8 heteroatoms. The van der Waals surface area contributed by atoms with Crippen molar-refractivity contribution in [3.8, 4) is 0 Å². The van der Waals surface area contributed by atoms with Crippen LogP contribution in [0.25, 0.3) is 0 Å². The number of allylic oxidation sites excluding steroid dienone is 1. The lowest BCUT2D eigenvalue weighted by Gasteiger charge is -2.37. The van der Waals surface area contributed by atoms with E-state index in [9.17, 15) is 9.59 Å². The summed E-state index contributed by atoms with van der Waals surface area (Å²) >= 11 is 7.62. The maximum absolute atomic E-state index is 13.4. The molecule has 2 aliphatic rings. The molecule has 0 bridgehead atoms. The van der Waals surface area contributed by atoms with Crippen molar-refractivity contribution in [2.75, 3.05) is 7.05 Å². The maximum atomic E-state index is 13.4. The Morgan fingerprint density at radius 3 is 2.42 bits per heavy atom. The minimum atomic E-state index is -0.659. The number of esters is 1. The zero-order chi connectivity index (χ0) is 26.0. The number of carbonyl (C=O) groups excluding carboxylic acids is 2. The summed E-state index contributed by atoms with van der Waals surface area (Å²) in [4.78, 5) is 35.0. The van der Waals surface area contributed by atoms with Crippen LogP contribution in [0.2, 0.25) is 5.02 Å². The van der Waals surface area contributed by atoms with Gasteiger partial charge in [-0.15, -0.1) is 0 Å². The van der Waals surface area contributed by atoms with Crippen LogP contribution < -0.4 is 0 Å². The lowest BCUT2D eigenvalue weighted by molar-refractivity contribution is -0.150. The van der Waals surface area contributed by atoms with Crippen molar-refractivity contribution in [3.63, 3.8) is 0 Å². The predicted molar refractivity (Wildman–Crippen MR) is 145 cm³/mol. The average Bonchev–Trinajstić information content (AvgIpc) is 3.20. The molecule has 1 unspecified atom stereocenters. The fourth-order valence-corrected chi connectivity index (χ4v) is 5.25. The van der Waals surface area contributed by atoms with Crippen molar-refractivity contribution in [2.24, 2.45) is 4.99 Å². The number of amidine groups is 1. The van der Waals surface area contributed by atoms with E-state index < -0.39 is 17.6 Å². The number of thioether (sulfide) groups is 1. The van der Waals surface area contributed by atoms with Gasteiger partial charge in [0.25, 0.3) is 0 Å². The summed E-state index contributed by atoms with van der Waals surface area (Å²) in [6, 6.07) is 16.8. The summed E-state index contributed by atoms with van der Waals surface area (Å²) in [5, 5.41) is 3.28. The standard InChI is InChI=1S/C28H30ClN3O3S/c1-18-24(26(34)35-28(2,3)4)25(20-11-13-21(29)14-12-20)32-22(17-36-27(32)30-18)15-23(33)31(5)16-19-9-7-6-8-10-19/h6-14,17,25H,15-16H2,1-5H3. The monoisotopic (exact) mass is 523 g/mol. The Balaban J connectivity index is 1.65. The molecule has 0 aliphatic carbocycles. The fourth-order valence-electron chi connectivity index (χ4n) is 4.16. The van der Waals surface area contributed by atoms with E-state index in [1.54, 1.807) is 24.1 Å². The van der Waals surface area contributed by atoms with Crippen LogP contribution in [-0.4, -0.2) is 39.5 Å². The highest BCUT2D eigenvalue weighted by Crippen LogP contribution is 2.45. The normalized spacial score (nSPS) is 17.4. The molecule has 1 amide bonds. The van der Waals surface area contributed by atoms with E-state index in [0.29, 0.717) is 22.8 Å². The molecule has 2 heterocycles. The molecule has 2 aromatic rings. The second kappa shape index (κ2) is 10.5. The lowest BCUT2D eigenvalue weighted by atomic mass is 9.93. The molecule has 0 spiro atoms. The van der Waals surface area contributed by atoms with Crippen LogP contribution in [0.3, 0.4) is 0 Å². The van der Waals surface area contributed by atoms with Crippen LogP contribution in [0, 0.1) is 0 Å². The molecule has 0 saturated heterocycles. The van der Waals surface area contributed by atoms with Crippen molar-refractivity contribution in [3.05, 3.63) is 93.1 Å². The van der Waals surface area contributed by atoms with Crippen LogP contribution in [0.1, 0.15) is 51.3 Å². The maximum Gasteiger partial charge on any atom is 0.338 e. The molecule has 0 radical (unpaired) electrons. The molecule has 188 valence electrons. The SMILES string of the molecule is CC1=C(C(=O)OC(C)(C)C)C(c2ccc(Cl)cc2)N2C(CC(=O)N(C)Cc3ccccc3)=CSC2=N1. The number of amides is 1. The minimum absolute atomic E-state index is 0.0214. The number of nitrogens with zero attached hydrogens (tertiary/aromatic N) is 3. The van der Waals surface area contributed by atoms with Gasteiger partial charge in [-0.2, -0.15) is 0 Å². The molecule has 0 N–H and O–H groups in total. The molecule has 4 rings (SSSR count). The second-order valence-corrected chi connectivity index (χ2v) is 11.1. The predicted octanol–water partition coefficient (Wildman–Crippen LogP) is 6.31. The first-order valence-corrected chi connectivity index (χ1v) is 13.0. The third-order valence-electron chi connectivity index (χ3n) is 5.83. The summed E-state index contributed by atoms with van der Waals surface area (Å²) in [5.74, 6) is -0.446. The van der Waals surface area contributed by atoms with Crippen LogP contribution in [-0.2, 0) is 20.9 Å². The van der Waals surface area contributed by atoms with Gasteiger partial charge in [-0.1, -0.05) is 65.8 Å². The van der Waals surface area contributed by atoms with Gasteiger partial charge in [-0.25, -0.2) is 9.79 Å². The van der Waals surface area contributed by atoms with Gasteiger partial charge in [0.1, 0.15) is 5.60 Å². The summed E-state index contributed by atoms with van der Waals surface area (Å²) < 4.78 is 5.77. The van der Waals surface area contributed by atoms with Crippen LogP contribution in [0.15, 0.2) is 82.0 Å². The molecule has 6 nitrogen and oxygen atoms in total. The smallest absolute Gasteiger partial charge is 0.338 e. The van der Waals surface area contributed by atoms with Crippen molar-refractivity contribution in [2.45, 2.75) is 52.3 Å². The van der Waals surface area contributed by atoms with E-state index in [-0.39, 0.29) is 12.3 Å². The van der Waals surface area contributed by atoms with Gasteiger partial charge < -0.3 is 14.5 Å². The van der Waals surface area contributed by atoms with Crippen molar-refractivity contribution in [1.29, 1.82) is 0 Å². The van der Waals surface area contributed by atoms with Gasteiger partial charge in [0, 0.05) is 24.3 Å². The molecule has 36 heavy (non-hydrogen) atoms. The zero-order valence-corrected chi connectivity index (χ0v) is 22.7. The Labute approximate surface area is 221 Å². The Morgan fingerprint density at radius 2 is 1.78 bits per heavy atom. The molecule has 1 atom stereocenters. The molecular formula is C28H30ClN3O3S. The number of fused-ring (bicyclic) bond motifs is 1. The molecular weight excluding hydrogens is 494 g/mol. The highest BCUT2D eigenvalue weighted by atomic mass is 35.5. The van der Waals surface area contributed by atoms with Gasteiger partial charge in [0.2, 0.25) is 5.91 Å². The first-order chi connectivity index (χ1) is 17.0. The summed E-state index contributed by atoms with van der Waals surface area (Å²) in [6.07, 6.45) is 0.181. The van der Waals surface area contributed by atoms with E-state index in [1.807, 2.05) is 80.5 Å². The summed E-state index contributed by atoms with van der Waals surface area (Å²) in [7, 11) is 1.80. The summed E-state index contributed by atoms with van der Waals surface area (Å²) in [5.41, 5.74) is 3.11. The largest absolute Gasteiger partial charge is 0.456 e. The number of ether oxygens (including phenoxy) is 1. The van der Waals surface area contributed by atoms with Crippen LogP contribution >= 0.6 is 23.4 Å². The fraction of sp³-hybridized carbons (Fsp3) is 0.321. The number of hydrogen-bond donors (Lipinski definition) is 0. The third-order valence-corrected chi connectivity index (χ3v) is 6.97. The van der Waals surface area contributed by atoms with Gasteiger partial charge in [-0.05, 0) is 56.4 Å². The number of rotatable bonds is 6. The molecule has 0 fully saturated rings. The Bertz CT molecular complexity index is 1250. The Morgan fingerprint density at radius 1 is 1.11 bits per heavy atom. The van der Waals surface area contributed by atoms with E-state index in [1.165, 1.54) is 11.8 Å². The van der Waals surface area contributed by atoms with E-state index in [4.69, 9.17) is 21.3 Å². The Hall–Kier alpha value is -3.03. The van der Waals surface area contributed by atoms with Crippen LogP contribution in [0.5, 0.6) is 0 Å². The van der Waals surface area contributed by atoms with Gasteiger partial charge in [0.15, 0.2) is 5.17 Å². The van der Waals surface area contributed by atoms with Crippen molar-refractivity contribution >= 4 is 40.4 Å². The number of hydrogen-bond acceptors (Lipinski definition) is 6. The van der Waals surface area contributed by atoms with E-state index in [2.05, 4.69) is 0 Å². The quantitative estimate of drug-likeness (QED) is 0.415. The van der Waals surface area contributed by atoms with E-state index in [0.717, 1.165) is 22.0 Å². The van der Waals surface area contributed by atoms with Gasteiger partial charge >= 0.3 is 5.97 Å². The van der Waals surface area contributed by atoms with Crippen molar-refractivity contribution in [1.82, 2.24) is 9.80 Å². The average molecular weight is 524 g/mol. The van der Waals surface area contributed by atoms with Gasteiger partial charge in [0.05, 0.1) is 23.7 Å². The number of aliphatic imine (C=N–C) groups is 1. The van der Waals surface area contributed by atoms with Crippen molar-refractivity contribution < 1.29 is 14.3 Å². The molecule has 0 aromatic heterocycles. The molecule has 2 aliphatic heterocycles. The van der Waals surface area contributed by atoms with Crippen LogP contribution in [0.4, 0.5) is 0 Å². The number of halogens is 1. The van der Waals surface area contributed by atoms with E-state index >= 15 is 0 Å².